The Hall–Kier alpha value is -2.30. The number of carbonyl (C=O) groups excluding carboxylic acids is 2. The van der Waals surface area contributed by atoms with Gasteiger partial charge in [-0.1, -0.05) is 12.1 Å². The lowest BCUT2D eigenvalue weighted by atomic mass is 10.1. The molecule has 1 aliphatic heterocycles. The van der Waals surface area contributed by atoms with Gasteiger partial charge in [0.1, 0.15) is 11.8 Å². The van der Waals surface area contributed by atoms with Crippen molar-refractivity contribution in [2.24, 2.45) is 0 Å². The van der Waals surface area contributed by atoms with Gasteiger partial charge in [-0.15, -0.1) is 0 Å². The Kier molecular flexibility index (Phi) is 3.41. The van der Waals surface area contributed by atoms with Crippen molar-refractivity contribution >= 4 is 22.8 Å². The van der Waals surface area contributed by atoms with Gasteiger partial charge in [0.15, 0.2) is 0 Å². The number of furan rings is 1. The van der Waals surface area contributed by atoms with E-state index < -0.39 is 0 Å². The summed E-state index contributed by atoms with van der Waals surface area (Å²) in [5.41, 5.74) is 2.44. The smallest absolute Gasteiger partial charge is 0.257 e. The van der Waals surface area contributed by atoms with Crippen molar-refractivity contribution in [1.82, 2.24) is 9.80 Å². The molecule has 0 saturated carbocycles. The van der Waals surface area contributed by atoms with E-state index in [0.717, 1.165) is 16.5 Å². The maximum atomic E-state index is 12.6. The van der Waals surface area contributed by atoms with Crippen LogP contribution in [-0.2, 0) is 4.79 Å². The third kappa shape index (κ3) is 2.51. The molecule has 2 heterocycles. The zero-order chi connectivity index (χ0) is 15.0. The molecule has 5 heteroatoms. The molecule has 0 bridgehead atoms. The first kappa shape index (κ1) is 13.7. The molecular formula is C16H18N2O3. The highest BCUT2D eigenvalue weighted by Gasteiger charge is 2.25. The number of piperazine rings is 1. The third-order valence-electron chi connectivity index (χ3n) is 3.97. The van der Waals surface area contributed by atoms with Crippen molar-refractivity contribution in [1.29, 1.82) is 0 Å². The summed E-state index contributed by atoms with van der Waals surface area (Å²) >= 11 is 0. The lowest BCUT2D eigenvalue weighted by molar-refractivity contribution is -0.130. The molecule has 0 aliphatic carbocycles. The number of rotatable bonds is 1. The van der Waals surface area contributed by atoms with Crippen LogP contribution in [0.4, 0.5) is 0 Å². The second-order valence-corrected chi connectivity index (χ2v) is 5.45. The van der Waals surface area contributed by atoms with Gasteiger partial charge in [0.05, 0.1) is 5.56 Å². The van der Waals surface area contributed by atoms with Gasteiger partial charge in [-0.05, 0) is 18.6 Å². The van der Waals surface area contributed by atoms with Gasteiger partial charge in [-0.2, -0.15) is 0 Å². The summed E-state index contributed by atoms with van der Waals surface area (Å²) in [4.78, 5) is 27.5. The van der Waals surface area contributed by atoms with Crippen LogP contribution in [0.15, 0.2) is 28.9 Å². The van der Waals surface area contributed by atoms with Crippen LogP contribution < -0.4 is 0 Å². The normalized spacial score (nSPS) is 15.5. The summed E-state index contributed by atoms with van der Waals surface area (Å²) in [6, 6.07) is 5.83. The van der Waals surface area contributed by atoms with Gasteiger partial charge in [-0.25, -0.2) is 0 Å². The number of carbonyl (C=O) groups is 2. The zero-order valence-corrected chi connectivity index (χ0v) is 12.3. The van der Waals surface area contributed by atoms with Crippen molar-refractivity contribution in [3.8, 4) is 0 Å². The predicted molar refractivity (Wildman–Crippen MR) is 79.1 cm³/mol. The second-order valence-electron chi connectivity index (χ2n) is 5.45. The number of fused-ring (bicyclic) bond motifs is 1. The van der Waals surface area contributed by atoms with E-state index in [2.05, 4.69) is 0 Å². The van der Waals surface area contributed by atoms with Crippen LogP contribution in [0, 0.1) is 6.92 Å². The van der Waals surface area contributed by atoms with E-state index in [-0.39, 0.29) is 11.8 Å². The van der Waals surface area contributed by atoms with E-state index in [1.165, 1.54) is 6.26 Å². The van der Waals surface area contributed by atoms with Crippen LogP contribution in [0.1, 0.15) is 22.8 Å². The first-order valence-corrected chi connectivity index (χ1v) is 7.09. The number of amides is 2. The monoisotopic (exact) mass is 286 g/mol. The van der Waals surface area contributed by atoms with Gasteiger partial charge < -0.3 is 14.2 Å². The molecular weight excluding hydrogens is 268 g/mol. The average molecular weight is 286 g/mol. The van der Waals surface area contributed by atoms with Gasteiger partial charge in [0.25, 0.3) is 5.91 Å². The van der Waals surface area contributed by atoms with Crippen LogP contribution in [0.3, 0.4) is 0 Å². The molecule has 1 fully saturated rings. The lowest BCUT2D eigenvalue weighted by Gasteiger charge is -2.34. The van der Waals surface area contributed by atoms with Crippen molar-refractivity contribution in [2.45, 2.75) is 13.8 Å². The maximum absolute atomic E-state index is 12.6. The first-order valence-electron chi connectivity index (χ1n) is 7.09. The van der Waals surface area contributed by atoms with E-state index in [1.807, 2.05) is 25.1 Å². The molecule has 2 amide bonds. The van der Waals surface area contributed by atoms with Crippen LogP contribution in [0.2, 0.25) is 0 Å². The van der Waals surface area contributed by atoms with Crippen LogP contribution in [-0.4, -0.2) is 47.8 Å². The lowest BCUT2D eigenvalue weighted by Crippen LogP contribution is -2.50. The Morgan fingerprint density at radius 2 is 1.76 bits per heavy atom. The number of aryl methyl sites for hydroxylation is 1. The van der Waals surface area contributed by atoms with Gasteiger partial charge in [0, 0.05) is 38.5 Å². The largest absolute Gasteiger partial charge is 0.463 e. The van der Waals surface area contributed by atoms with E-state index in [1.54, 1.807) is 16.7 Å². The quantitative estimate of drug-likeness (QED) is 0.806. The Labute approximate surface area is 123 Å². The highest BCUT2D eigenvalue weighted by Crippen LogP contribution is 2.24. The minimum absolute atomic E-state index is 0.0270. The van der Waals surface area contributed by atoms with Gasteiger partial charge in [-0.3, -0.25) is 9.59 Å². The third-order valence-corrected chi connectivity index (χ3v) is 3.97. The topological polar surface area (TPSA) is 53.8 Å². The Morgan fingerprint density at radius 1 is 1.10 bits per heavy atom. The van der Waals surface area contributed by atoms with Gasteiger partial charge >= 0.3 is 0 Å². The Morgan fingerprint density at radius 3 is 2.43 bits per heavy atom. The molecule has 1 aromatic heterocycles. The minimum atomic E-state index is -0.0270. The molecule has 5 nitrogen and oxygen atoms in total. The SMILES string of the molecule is CC(=O)N1CCN(C(=O)c2coc3cc(C)ccc23)CC1. The molecule has 0 spiro atoms. The first-order chi connectivity index (χ1) is 10.1. The Bertz CT molecular complexity index is 697. The van der Waals surface area contributed by atoms with Crippen molar-refractivity contribution in [3.63, 3.8) is 0 Å². The number of hydrogen-bond acceptors (Lipinski definition) is 3. The molecule has 3 rings (SSSR count). The highest BCUT2D eigenvalue weighted by molar-refractivity contribution is 6.06. The second kappa shape index (κ2) is 5.24. The summed E-state index contributed by atoms with van der Waals surface area (Å²) in [6.07, 6.45) is 1.53. The number of benzene rings is 1. The number of hydrogen-bond donors (Lipinski definition) is 0. The summed E-state index contributed by atoms with van der Waals surface area (Å²) in [6.45, 7) is 5.87. The fourth-order valence-corrected chi connectivity index (χ4v) is 2.70. The molecule has 110 valence electrons. The standard InChI is InChI=1S/C16H18N2O3/c1-11-3-4-13-14(10-21-15(13)9-11)16(20)18-7-5-17(6-8-18)12(2)19/h3-4,9-10H,5-8H2,1-2H3. The molecule has 21 heavy (non-hydrogen) atoms. The van der Waals surface area contributed by atoms with Crippen LogP contribution in [0.25, 0.3) is 11.0 Å². The van der Waals surface area contributed by atoms with Crippen molar-refractivity contribution < 1.29 is 14.0 Å². The van der Waals surface area contributed by atoms with Crippen molar-refractivity contribution in [2.75, 3.05) is 26.2 Å². The fourth-order valence-electron chi connectivity index (χ4n) is 2.70. The van der Waals surface area contributed by atoms with Crippen LogP contribution >= 0.6 is 0 Å². The molecule has 1 saturated heterocycles. The van der Waals surface area contributed by atoms with E-state index in [9.17, 15) is 9.59 Å². The molecule has 0 unspecified atom stereocenters. The number of nitrogens with zero attached hydrogens (tertiary/aromatic N) is 2. The molecule has 0 radical (unpaired) electrons. The van der Waals surface area contributed by atoms with E-state index in [0.29, 0.717) is 31.7 Å². The molecule has 0 N–H and O–H groups in total. The predicted octanol–water partition coefficient (Wildman–Crippen LogP) is 2.05. The maximum Gasteiger partial charge on any atom is 0.257 e. The fraction of sp³-hybridized carbons (Fsp3) is 0.375. The molecule has 0 atom stereocenters. The minimum Gasteiger partial charge on any atom is -0.463 e. The van der Waals surface area contributed by atoms with Crippen LogP contribution in [0.5, 0.6) is 0 Å². The summed E-state index contributed by atoms with van der Waals surface area (Å²) in [5, 5.41) is 0.847. The summed E-state index contributed by atoms with van der Waals surface area (Å²) < 4.78 is 5.49. The average Bonchev–Trinajstić information content (AvgIpc) is 2.89. The van der Waals surface area contributed by atoms with E-state index in [4.69, 9.17) is 4.42 Å². The molecule has 2 aromatic rings. The summed E-state index contributed by atoms with van der Waals surface area (Å²) in [5.74, 6) is 0.0344. The molecule has 1 aliphatic rings. The van der Waals surface area contributed by atoms with Crippen molar-refractivity contribution in [3.05, 3.63) is 35.6 Å². The highest BCUT2D eigenvalue weighted by atomic mass is 16.3. The zero-order valence-electron chi connectivity index (χ0n) is 12.3. The summed E-state index contributed by atoms with van der Waals surface area (Å²) in [7, 11) is 0. The van der Waals surface area contributed by atoms with Gasteiger partial charge in [0.2, 0.25) is 5.91 Å². The molecule has 1 aromatic carbocycles. The van der Waals surface area contributed by atoms with E-state index >= 15 is 0 Å². The Balaban J connectivity index is 1.80.